The maximum atomic E-state index is 9.23. The van der Waals surface area contributed by atoms with Crippen LogP contribution in [0.4, 0.5) is 0 Å². The molecule has 2 nitrogen and oxygen atoms in total. The van der Waals surface area contributed by atoms with E-state index in [0.29, 0.717) is 5.41 Å². The predicted octanol–water partition coefficient (Wildman–Crippen LogP) is 1.57. The second kappa shape index (κ2) is 3.55. The second-order valence-electron chi connectivity index (χ2n) is 3.98. The van der Waals surface area contributed by atoms with Crippen LogP contribution in [-0.4, -0.2) is 24.4 Å². The highest BCUT2D eigenvalue weighted by Gasteiger charge is 2.28. The Balaban J connectivity index is 2.37. The van der Waals surface area contributed by atoms with Crippen LogP contribution in [0.2, 0.25) is 0 Å². The molecule has 0 aromatic carbocycles. The molecule has 66 valence electrons. The molecule has 2 heteroatoms. The van der Waals surface area contributed by atoms with E-state index in [9.17, 15) is 5.11 Å². The fraction of sp³-hybridized carbons (Fsp3) is 1.00. The van der Waals surface area contributed by atoms with Gasteiger partial charge in [0.15, 0.2) is 0 Å². The summed E-state index contributed by atoms with van der Waals surface area (Å²) in [4.78, 5) is 0. The fourth-order valence-electron chi connectivity index (χ4n) is 1.78. The lowest BCUT2D eigenvalue weighted by Crippen LogP contribution is -2.29. The molecule has 0 aromatic rings. The number of hydrogen-bond donors (Lipinski definition) is 1. The van der Waals surface area contributed by atoms with Crippen LogP contribution in [-0.2, 0) is 4.74 Å². The molecule has 1 rings (SSSR count). The van der Waals surface area contributed by atoms with Gasteiger partial charge in [0, 0.05) is 13.2 Å². The first-order chi connectivity index (χ1) is 5.12. The highest BCUT2D eigenvalue weighted by atomic mass is 16.5. The first kappa shape index (κ1) is 9.01. The van der Waals surface area contributed by atoms with Gasteiger partial charge in [0.1, 0.15) is 0 Å². The Morgan fingerprint density at radius 1 is 1.45 bits per heavy atom. The molecule has 1 aliphatic heterocycles. The van der Waals surface area contributed by atoms with E-state index in [-0.39, 0.29) is 6.10 Å². The van der Waals surface area contributed by atoms with Gasteiger partial charge in [0.2, 0.25) is 0 Å². The van der Waals surface area contributed by atoms with E-state index < -0.39 is 0 Å². The van der Waals surface area contributed by atoms with E-state index in [1.54, 1.807) is 0 Å². The van der Waals surface area contributed by atoms with Crippen LogP contribution in [0.25, 0.3) is 0 Å². The minimum absolute atomic E-state index is 0.168. The Bertz CT molecular complexity index is 115. The fourth-order valence-corrected chi connectivity index (χ4v) is 1.78. The van der Waals surface area contributed by atoms with Crippen LogP contribution in [0, 0.1) is 5.41 Å². The van der Waals surface area contributed by atoms with Crippen molar-refractivity contribution < 1.29 is 9.84 Å². The molecule has 1 N–H and O–H groups in total. The summed E-state index contributed by atoms with van der Waals surface area (Å²) in [6, 6.07) is 0. The number of ether oxygens (including phenoxy) is 1. The molecule has 0 unspecified atom stereocenters. The normalized spacial score (nSPS) is 26.5. The Morgan fingerprint density at radius 3 is 2.45 bits per heavy atom. The van der Waals surface area contributed by atoms with Crippen LogP contribution < -0.4 is 0 Å². The summed E-state index contributed by atoms with van der Waals surface area (Å²) in [5, 5.41) is 9.23. The van der Waals surface area contributed by atoms with Crippen molar-refractivity contribution in [2.75, 3.05) is 13.2 Å². The topological polar surface area (TPSA) is 29.5 Å². The highest BCUT2D eigenvalue weighted by molar-refractivity contribution is 4.78. The lowest BCUT2D eigenvalue weighted by Gasteiger charge is -2.34. The lowest BCUT2D eigenvalue weighted by molar-refractivity contribution is -0.000568. The molecule has 1 aliphatic rings. The Labute approximate surface area is 68.6 Å². The van der Waals surface area contributed by atoms with E-state index in [4.69, 9.17) is 4.74 Å². The Hall–Kier alpha value is -0.0800. The van der Waals surface area contributed by atoms with E-state index in [2.05, 4.69) is 6.92 Å². The van der Waals surface area contributed by atoms with Crippen LogP contribution in [0.3, 0.4) is 0 Å². The zero-order valence-electron chi connectivity index (χ0n) is 7.47. The SMILES string of the molecule is C[C@H](O)CC1(C)CCOCC1. The molecular weight excluding hydrogens is 140 g/mol. The third kappa shape index (κ3) is 2.80. The predicted molar refractivity (Wildman–Crippen MR) is 44.5 cm³/mol. The summed E-state index contributed by atoms with van der Waals surface area (Å²) >= 11 is 0. The smallest absolute Gasteiger partial charge is 0.0517 e. The summed E-state index contributed by atoms with van der Waals surface area (Å²) in [6.45, 7) is 5.83. The largest absolute Gasteiger partial charge is 0.393 e. The first-order valence-corrected chi connectivity index (χ1v) is 4.38. The number of aliphatic hydroxyl groups excluding tert-OH is 1. The average Bonchev–Trinajstić information content (AvgIpc) is 1.85. The van der Waals surface area contributed by atoms with Crippen molar-refractivity contribution in [2.24, 2.45) is 5.41 Å². The Morgan fingerprint density at radius 2 is 2.00 bits per heavy atom. The van der Waals surface area contributed by atoms with Crippen molar-refractivity contribution in [3.63, 3.8) is 0 Å². The Kier molecular flexibility index (Phi) is 2.90. The zero-order valence-corrected chi connectivity index (χ0v) is 7.47. The van der Waals surface area contributed by atoms with Crippen molar-refractivity contribution in [2.45, 2.75) is 39.2 Å². The maximum Gasteiger partial charge on any atom is 0.0517 e. The summed E-state index contributed by atoms with van der Waals surface area (Å²) in [5.74, 6) is 0. The van der Waals surface area contributed by atoms with Gasteiger partial charge < -0.3 is 9.84 Å². The van der Waals surface area contributed by atoms with Crippen molar-refractivity contribution >= 4 is 0 Å². The third-order valence-corrected chi connectivity index (χ3v) is 2.49. The summed E-state index contributed by atoms with van der Waals surface area (Å²) in [6.07, 6.45) is 2.93. The van der Waals surface area contributed by atoms with Gasteiger partial charge in [-0.05, 0) is 31.6 Å². The van der Waals surface area contributed by atoms with Crippen LogP contribution in [0.15, 0.2) is 0 Å². The summed E-state index contributed by atoms with van der Waals surface area (Å²) in [7, 11) is 0. The second-order valence-corrected chi connectivity index (χ2v) is 3.98. The third-order valence-electron chi connectivity index (χ3n) is 2.49. The standard InChI is InChI=1S/C9H18O2/c1-8(10)7-9(2)3-5-11-6-4-9/h8,10H,3-7H2,1-2H3/t8-/m0/s1. The lowest BCUT2D eigenvalue weighted by atomic mass is 9.78. The monoisotopic (exact) mass is 158 g/mol. The molecule has 0 saturated carbocycles. The van der Waals surface area contributed by atoms with Gasteiger partial charge in [-0.2, -0.15) is 0 Å². The van der Waals surface area contributed by atoms with E-state index in [0.717, 1.165) is 32.5 Å². The van der Waals surface area contributed by atoms with Crippen molar-refractivity contribution in [1.29, 1.82) is 0 Å². The molecule has 0 amide bonds. The van der Waals surface area contributed by atoms with Crippen molar-refractivity contribution in [3.8, 4) is 0 Å². The molecule has 1 saturated heterocycles. The molecular formula is C9H18O2. The average molecular weight is 158 g/mol. The molecule has 1 atom stereocenters. The maximum absolute atomic E-state index is 9.23. The van der Waals surface area contributed by atoms with Gasteiger partial charge in [0.05, 0.1) is 6.10 Å². The molecule has 11 heavy (non-hydrogen) atoms. The van der Waals surface area contributed by atoms with Gasteiger partial charge in [0.25, 0.3) is 0 Å². The minimum atomic E-state index is -0.168. The molecule has 1 heterocycles. The van der Waals surface area contributed by atoms with E-state index in [1.165, 1.54) is 0 Å². The molecule has 0 bridgehead atoms. The molecule has 1 fully saturated rings. The summed E-state index contributed by atoms with van der Waals surface area (Å²) < 4.78 is 5.26. The van der Waals surface area contributed by atoms with Gasteiger partial charge in [-0.25, -0.2) is 0 Å². The quantitative estimate of drug-likeness (QED) is 0.661. The minimum Gasteiger partial charge on any atom is -0.393 e. The van der Waals surface area contributed by atoms with Crippen molar-refractivity contribution in [3.05, 3.63) is 0 Å². The zero-order chi connectivity index (χ0) is 8.32. The van der Waals surface area contributed by atoms with Gasteiger partial charge in [-0.1, -0.05) is 6.92 Å². The first-order valence-electron chi connectivity index (χ1n) is 4.38. The van der Waals surface area contributed by atoms with E-state index in [1.807, 2.05) is 6.92 Å². The molecule has 0 aliphatic carbocycles. The van der Waals surface area contributed by atoms with E-state index >= 15 is 0 Å². The van der Waals surface area contributed by atoms with Gasteiger partial charge >= 0.3 is 0 Å². The number of aliphatic hydroxyl groups is 1. The number of hydrogen-bond acceptors (Lipinski definition) is 2. The van der Waals surface area contributed by atoms with Gasteiger partial charge in [-0.15, -0.1) is 0 Å². The molecule has 0 spiro atoms. The molecule has 0 radical (unpaired) electrons. The number of rotatable bonds is 2. The van der Waals surface area contributed by atoms with Crippen molar-refractivity contribution in [1.82, 2.24) is 0 Å². The van der Waals surface area contributed by atoms with Crippen LogP contribution in [0.1, 0.15) is 33.1 Å². The molecule has 0 aromatic heterocycles. The highest BCUT2D eigenvalue weighted by Crippen LogP contribution is 2.34. The van der Waals surface area contributed by atoms with Crippen LogP contribution in [0.5, 0.6) is 0 Å². The summed E-state index contributed by atoms with van der Waals surface area (Å²) in [5.41, 5.74) is 0.326. The van der Waals surface area contributed by atoms with Crippen LogP contribution >= 0.6 is 0 Å². The van der Waals surface area contributed by atoms with Gasteiger partial charge in [-0.3, -0.25) is 0 Å².